The van der Waals surface area contributed by atoms with Crippen LogP contribution in [0.15, 0.2) is 24.3 Å². The van der Waals surface area contributed by atoms with E-state index in [0.29, 0.717) is 0 Å². The number of hydrogen-bond donors (Lipinski definition) is 1. The molecular weight excluding hydrogens is 122 g/mol. The lowest BCUT2D eigenvalue weighted by Gasteiger charge is -1.90. The van der Waals surface area contributed by atoms with Gasteiger partial charge in [0.15, 0.2) is 0 Å². The summed E-state index contributed by atoms with van der Waals surface area (Å²) in [6, 6.07) is 8.45. The highest BCUT2D eigenvalue weighted by Crippen LogP contribution is 2.00. The zero-order valence-corrected chi connectivity index (χ0v) is 6.89. The van der Waals surface area contributed by atoms with Crippen LogP contribution in [0, 0.1) is 13.8 Å². The maximum atomic E-state index is 4.50. The summed E-state index contributed by atoms with van der Waals surface area (Å²) in [5.41, 5.74) is 7.18. The third kappa shape index (κ3) is 3.25. The van der Waals surface area contributed by atoms with Gasteiger partial charge in [0, 0.05) is 0 Å². The van der Waals surface area contributed by atoms with E-state index in [1.54, 1.807) is 0 Å². The first-order chi connectivity index (χ1) is 4.79. The van der Waals surface area contributed by atoms with Crippen LogP contribution in [0.25, 0.3) is 0 Å². The van der Waals surface area contributed by atoms with Crippen LogP contribution >= 0.6 is 0 Å². The molecule has 0 amide bonds. The number of hydrogen-bond acceptors (Lipinski definition) is 1. The van der Waals surface area contributed by atoms with Crippen LogP contribution in [0.2, 0.25) is 0 Å². The molecule has 1 aromatic rings. The molecule has 0 unspecified atom stereocenters. The van der Waals surface area contributed by atoms with Crippen molar-refractivity contribution in [2.24, 2.45) is 5.73 Å². The minimum Gasteiger partial charge on any atom is -0.333 e. The second kappa shape index (κ2) is 5.00. The fourth-order valence-electron chi connectivity index (χ4n) is 0.807. The van der Waals surface area contributed by atoms with Crippen LogP contribution in [0.3, 0.4) is 0 Å². The highest BCUT2D eigenvalue weighted by Gasteiger charge is 1.80. The average molecular weight is 137 g/mol. The molecule has 0 bridgehead atoms. The normalized spacial score (nSPS) is 8.00. The van der Waals surface area contributed by atoms with Gasteiger partial charge >= 0.3 is 0 Å². The molecule has 56 valence electrons. The van der Waals surface area contributed by atoms with Gasteiger partial charge in [-0.15, -0.1) is 0 Å². The summed E-state index contributed by atoms with van der Waals surface area (Å²) in [5, 5.41) is 0. The SMILES string of the molecule is CN.Cc1cccc(C)c1. The summed E-state index contributed by atoms with van der Waals surface area (Å²) >= 11 is 0. The average Bonchev–Trinajstić information content (AvgIpc) is 1.91. The summed E-state index contributed by atoms with van der Waals surface area (Å²) in [6.07, 6.45) is 0. The molecular formula is C9H15N. The molecule has 1 nitrogen and oxygen atoms in total. The Morgan fingerprint density at radius 1 is 1.00 bits per heavy atom. The molecule has 1 aromatic carbocycles. The van der Waals surface area contributed by atoms with Gasteiger partial charge in [-0.05, 0) is 20.9 Å². The molecule has 1 heteroatoms. The first-order valence-electron chi connectivity index (χ1n) is 3.40. The van der Waals surface area contributed by atoms with Gasteiger partial charge in [0.2, 0.25) is 0 Å². The van der Waals surface area contributed by atoms with Crippen LogP contribution in [0.5, 0.6) is 0 Å². The zero-order valence-electron chi connectivity index (χ0n) is 6.89. The molecule has 0 fully saturated rings. The summed E-state index contributed by atoms with van der Waals surface area (Å²) in [7, 11) is 1.50. The Morgan fingerprint density at radius 3 is 1.60 bits per heavy atom. The Balaban J connectivity index is 0.000000371. The van der Waals surface area contributed by atoms with E-state index < -0.39 is 0 Å². The molecule has 0 heterocycles. The molecule has 0 aliphatic rings. The molecule has 0 aromatic heterocycles. The molecule has 0 radical (unpaired) electrons. The minimum atomic E-state index is 1.34. The van der Waals surface area contributed by atoms with Crippen LogP contribution in [-0.2, 0) is 0 Å². The predicted octanol–water partition coefficient (Wildman–Crippen LogP) is 1.88. The van der Waals surface area contributed by atoms with E-state index in [4.69, 9.17) is 0 Å². The Bertz CT molecular complexity index is 165. The van der Waals surface area contributed by atoms with E-state index in [0.717, 1.165) is 0 Å². The Hall–Kier alpha value is -0.820. The van der Waals surface area contributed by atoms with Gasteiger partial charge < -0.3 is 5.73 Å². The van der Waals surface area contributed by atoms with Gasteiger partial charge in [0.05, 0.1) is 0 Å². The quantitative estimate of drug-likeness (QED) is 0.580. The van der Waals surface area contributed by atoms with Gasteiger partial charge in [-0.25, -0.2) is 0 Å². The van der Waals surface area contributed by atoms with Crippen molar-refractivity contribution in [1.29, 1.82) is 0 Å². The Morgan fingerprint density at radius 2 is 1.40 bits per heavy atom. The fraction of sp³-hybridized carbons (Fsp3) is 0.333. The predicted molar refractivity (Wildman–Crippen MR) is 46.0 cm³/mol. The van der Waals surface area contributed by atoms with Crippen LogP contribution in [-0.4, -0.2) is 7.05 Å². The van der Waals surface area contributed by atoms with Gasteiger partial charge in [-0.2, -0.15) is 0 Å². The second-order valence-corrected chi connectivity index (χ2v) is 2.16. The van der Waals surface area contributed by atoms with E-state index in [2.05, 4.69) is 43.8 Å². The highest BCUT2D eigenvalue weighted by atomic mass is 14.4. The maximum Gasteiger partial charge on any atom is -0.0195 e. The van der Waals surface area contributed by atoms with Crippen molar-refractivity contribution >= 4 is 0 Å². The second-order valence-electron chi connectivity index (χ2n) is 2.16. The summed E-state index contributed by atoms with van der Waals surface area (Å²) in [4.78, 5) is 0. The van der Waals surface area contributed by atoms with Crippen LogP contribution in [0.1, 0.15) is 11.1 Å². The van der Waals surface area contributed by atoms with E-state index in [1.807, 2.05) is 0 Å². The largest absolute Gasteiger partial charge is 0.333 e. The Kier molecular flexibility index (Phi) is 4.59. The van der Waals surface area contributed by atoms with Gasteiger partial charge in [0.1, 0.15) is 0 Å². The van der Waals surface area contributed by atoms with Crippen molar-refractivity contribution in [3.63, 3.8) is 0 Å². The van der Waals surface area contributed by atoms with Crippen molar-refractivity contribution < 1.29 is 0 Å². The standard InChI is InChI=1S/C8H10.CH5N/c1-7-4-3-5-8(2)6-7;1-2/h3-6H,1-2H3;2H2,1H3. The molecule has 0 saturated carbocycles. The fourth-order valence-corrected chi connectivity index (χ4v) is 0.807. The number of nitrogens with two attached hydrogens (primary N) is 1. The number of rotatable bonds is 0. The van der Waals surface area contributed by atoms with Gasteiger partial charge in [0.25, 0.3) is 0 Å². The molecule has 0 aliphatic heterocycles. The topological polar surface area (TPSA) is 26.0 Å². The van der Waals surface area contributed by atoms with Crippen molar-refractivity contribution in [3.8, 4) is 0 Å². The smallest absolute Gasteiger partial charge is 0.0195 e. The molecule has 1 rings (SSSR count). The summed E-state index contributed by atoms with van der Waals surface area (Å²) < 4.78 is 0. The van der Waals surface area contributed by atoms with Crippen LogP contribution < -0.4 is 5.73 Å². The van der Waals surface area contributed by atoms with E-state index in [9.17, 15) is 0 Å². The Labute approximate surface area is 62.9 Å². The molecule has 2 N–H and O–H groups in total. The number of benzene rings is 1. The molecule has 0 saturated heterocycles. The van der Waals surface area contributed by atoms with Gasteiger partial charge in [-0.1, -0.05) is 35.4 Å². The van der Waals surface area contributed by atoms with Crippen molar-refractivity contribution in [3.05, 3.63) is 35.4 Å². The highest BCUT2D eigenvalue weighted by molar-refractivity contribution is 5.20. The third-order valence-corrected chi connectivity index (χ3v) is 1.17. The molecule has 0 spiro atoms. The lowest BCUT2D eigenvalue weighted by molar-refractivity contribution is 1.39. The number of aryl methyl sites for hydroxylation is 2. The van der Waals surface area contributed by atoms with E-state index in [-0.39, 0.29) is 0 Å². The van der Waals surface area contributed by atoms with E-state index in [1.165, 1.54) is 18.2 Å². The van der Waals surface area contributed by atoms with Crippen LogP contribution in [0.4, 0.5) is 0 Å². The maximum absolute atomic E-state index is 4.50. The monoisotopic (exact) mass is 137 g/mol. The lowest BCUT2D eigenvalue weighted by Crippen LogP contribution is -1.71. The molecule has 0 atom stereocenters. The lowest BCUT2D eigenvalue weighted by atomic mass is 10.2. The summed E-state index contributed by atoms with van der Waals surface area (Å²) in [5.74, 6) is 0. The zero-order chi connectivity index (χ0) is 7.98. The molecule has 10 heavy (non-hydrogen) atoms. The molecule has 0 aliphatic carbocycles. The first-order valence-corrected chi connectivity index (χ1v) is 3.40. The van der Waals surface area contributed by atoms with E-state index >= 15 is 0 Å². The third-order valence-electron chi connectivity index (χ3n) is 1.17. The minimum absolute atomic E-state index is 1.34. The summed E-state index contributed by atoms with van der Waals surface area (Å²) in [6.45, 7) is 4.21. The van der Waals surface area contributed by atoms with Crippen molar-refractivity contribution in [1.82, 2.24) is 0 Å². The van der Waals surface area contributed by atoms with Crippen molar-refractivity contribution in [2.75, 3.05) is 7.05 Å². The van der Waals surface area contributed by atoms with Gasteiger partial charge in [-0.3, -0.25) is 0 Å². The van der Waals surface area contributed by atoms with Crippen molar-refractivity contribution in [2.45, 2.75) is 13.8 Å². The first kappa shape index (κ1) is 9.18.